The number of hydrogen-bond donors (Lipinski definition) is 1. The molecule has 0 radical (unpaired) electrons. The van der Waals surface area contributed by atoms with Crippen molar-refractivity contribution >= 4 is 37.4 Å². The van der Waals surface area contributed by atoms with Gasteiger partial charge in [0.2, 0.25) is 5.91 Å². The summed E-state index contributed by atoms with van der Waals surface area (Å²) in [5.41, 5.74) is 0.694. The summed E-state index contributed by atoms with van der Waals surface area (Å²) in [5.74, 6) is -0.226. The van der Waals surface area contributed by atoms with E-state index >= 15 is 0 Å². The van der Waals surface area contributed by atoms with E-state index in [0.717, 1.165) is 4.47 Å². The summed E-state index contributed by atoms with van der Waals surface area (Å²) in [5, 5.41) is 2.74. The van der Waals surface area contributed by atoms with Gasteiger partial charge in [-0.25, -0.2) is 8.42 Å². The fraction of sp³-hybridized carbons (Fsp3) is 0.188. The van der Waals surface area contributed by atoms with E-state index in [1.54, 1.807) is 42.5 Å². The molecule has 0 aliphatic carbocycles. The first-order valence-electron chi connectivity index (χ1n) is 6.80. The van der Waals surface area contributed by atoms with Crippen LogP contribution in [0.25, 0.3) is 0 Å². The molecule has 2 aromatic rings. The number of benzene rings is 2. The number of halogens is 1. The molecule has 0 fully saturated rings. The number of carbonyl (C=O) groups excluding carboxylic acids is 1. The quantitative estimate of drug-likeness (QED) is 0.830. The van der Waals surface area contributed by atoms with Crippen LogP contribution in [-0.4, -0.2) is 20.1 Å². The van der Waals surface area contributed by atoms with Crippen molar-refractivity contribution in [3.63, 3.8) is 0 Å². The Kier molecular flexibility index (Phi) is 5.74. The molecule has 0 saturated heterocycles. The van der Waals surface area contributed by atoms with E-state index in [-0.39, 0.29) is 18.1 Å². The van der Waals surface area contributed by atoms with Gasteiger partial charge >= 0.3 is 0 Å². The number of nitrogens with one attached hydrogen (secondary N) is 1. The monoisotopic (exact) mass is 381 g/mol. The van der Waals surface area contributed by atoms with Gasteiger partial charge in [0.25, 0.3) is 0 Å². The van der Waals surface area contributed by atoms with Gasteiger partial charge in [0.1, 0.15) is 0 Å². The van der Waals surface area contributed by atoms with E-state index in [1.165, 1.54) is 0 Å². The minimum Gasteiger partial charge on any atom is -0.326 e. The van der Waals surface area contributed by atoms with Crippen molar-refractivity contribution < 1.29 is 13.2 Å². The zero-order valence-electron chi connectivity index (χ0n) is 11.8. The largest absolute Gasteiger partial charge is 0.326 e. The van der Waals surface area contributed by atoms with E-state index in [9.17, 15) is 13.2 Å². The maximum atomic E-state index is 12.1. The Morgan fingerprint density at radius 2 is 1.64 bits per heavy atom. The van der Waals surface area contributed by atoms with E-state index in [0.29, 0.717) is 17.0 Å². The van der Waals surface area contributed by atoms with Gasteiger partial charge < -0.3 is 5.32 Å². The molecule has 0 spiro atoms. The summed E-state index contributed by atoms with van der Waals surface area (Å²) >= 11 is 3.32. The topological polar surface area (TPSA) is 63.2 Å². The molecular weight excluding hydrogens is 366 g/mol. The summed E-state index contributed by atoms with van der Waals surface area (Å²) in [6.07, 6.45) is 0.460. The predicted molar refractivity (Wildman–Crippen MR) is 90.5 cm³/mol. The molecular formula is C16H16BrNO3S. The van der Waals surface area contributed by atoms with Crippen molar-refractivity contribution in [1.29, 1.82) is 0 Å². The molecule has 1 N–H and O–H groups in total. The molecule has 116 valence electrons. The molecule has 0 aliphatic rings. The van der Waals surface area contributed by atoms with Crippen LogP contribution in [-0.2, 0) is 14.6 Å². The van der Waals surface area contributed by atoms with Crippen molar-refractivity contribution in [3.05, 3.63) is 59.1 Å². The van der Waals surface area contributed by atoms with Gasteiger partial charge in [-0.3, -0.25) is 4.79 Å². The number of amides is 1. The van der Waals surface area contributed by atoms with E-state index in [2.05, 4.69) is 21.2 Å². The molecule has 2 rings (SSSR count). The van der Waals surface area contributed by atoms with Crippen LogP contribution in [0.5, 0.6) is 0 Å². The van der Waals surface area contributed by atoms with Crippen LogP contribution in [0.15, 0.2) is 64.0 Å². The van der Waals surface area contributed by atoms with Gasteiger partial charge in [-0.15, -0.1) is 0 Å². The second-order valence-corrected chi connectivity index (χ2v) is 7.82. The van der Waals surface area contributed by atoms with Gasteiger partial charge in [0, 0.05) is 16.6 Å². The maximum Gasteiger partial charge on any atom is 0.224 e. The zero-order chi connectivity index (χ0) is 16.0. The highest BCUT2D eigenvalue weighted by Gasteiger charge is 2.14. The van der Waals surface area contributed by atoms with Crippen LogP contribution in [0.4, 0.5) is 5.69 Å². The van der Waals surface area contributed by atoms with Crippen LogP contribution in [0.1, 0.15) is 12.8 Å². The fourth-order valence-corrected chi connectivity index (χ4v) is 3.52. The van der Waals surface area contributed by atoms with E-state index in [1.807, 2.05) is 12.1 Å². The average molecular weight is 382 g/mol. The lowest BCUT2D eigenvalue weighted by Gasteiger charge is -2.06. The predicted octanol–water partition coefficient (Wildman–Crippen LogP) is 3.64. The van der Waals surface area contributed by atoms with Gasteiger partial charge in [-0.1, -0.05) is 34.1 Å². The van der Waals surface area contributed by atoms with Crippen molar-refractivity contribution in [2.75, 3.05) is 11.1 Å². The molecule has 0 atom stereocenters. The fourth-order valence-electron chi connectivity index (χ4n) is 1.93. The first kappa shape index (κ1) is 16.7. The minimum absolute atomic E-state index is 0.0369. The van der Waals surface area contributed by atoms with Crippen molar-refractivity contribution in [3.8, 4) is 0 Å². The lowest BCUT2D eigenvalue weighted by atomic mass is 10.3. The van der Waals surface area contributed by atoms with Crippen LogP contribution < -0.4 is 5.32 Å². The summed E-state index contributed by atoms with van der Waals surface area (Å²) in [7, 11) is -3.32. The van der Waals surface area contributed by atoms with Crippen LogP contribution >= 0.6 is 15.9 Å². The molecule has 0 saturated carbocycles. The Morgan fingerprint density at radius 1 is 1.00 bits per heavy atom. The van der Waals surface area contributed by atoms with Crippen molar-refractivity contribution in [2.24, 2.45) is 0 Å². The Labute approximate surface area is 138 Å². The number of sulfone groups is 1. The normalized spacial score (nSPS) is 11.1. The molecule has 4 nitrogen and oxygen atoms in total. The summed E-state index contributed by atoms with van der Waals surface area (Å²) in [6, 6.07) is 15.5. The highest BCUT2D eigenvalue weighted by atomic mass is 79.9. The molecule has 2 aromatic carbocycles. The highest BCUT2D eigenvalue weighted by Crippen LogP contribution is 2.15. The van der Waals surface area contributed by atoms with Crippen molar-refractivity contribution in [1.82, 2.24) is 0 Å². The molecule has 0 unspecified atom stereocenters. The molecule has 6 heteroatoms. The Hall–Kier alpha value is -1.66. The second kappa shape index (κ2) is 7.56. The second-order valence-electron chi connectivity index (χ2n) is 4.79. The third-order valence-corrected chi connectivity index (χ3v) is 5.39. The molecule has 22 heavy (non-hydrogen) atoms. The molecule has 0 aromatic heterocycles. The van der Waals surface area contributed by atoms with E-state index < -0.39 is 9.84 Å². The average Bonchev–Trinajstić information content (AvgIpc) is 2.50. The van der Waals surface area contributed by atoms with E-state index in [4.69, 9.17) is 0 Å². The summed E-state index contributed by atoms with van der Waals surface area (Å²) in [4.78, 5) is 12.1. The third kappa shape index (κ3) is 4.96. The molecule has 0 heterocycles. The summed E-state index contributed by atoms with van der Waals surface area (Å²) in [6.45, 7) is 0. The minimum atomic E-state index is -3.32. The van der Waals surface area contributed by atoms with Gasteiger partial charge in [-0.2, -0.15) is 0 Å². The lowest BCUT2D eigenvalue weighted by molar-refractivity contribution is -0.116. The standard InChI is InChI=1S/C16H16BrNO3S/c17-13-8-10-14(11-9-13)18-16(19)7-4-12-22(20,21)15-5-2-1-3-6-15/h1-3,5-6,8-11H,4,7,12H2,(H,18,19). The lowest BCUT2D eigenvalue weighted by Crippen LogP contribution is -2.14. The number of hydrogen-bond acceptors (Lipinski definition) is 3. The first-order valence-corrected chi connectivity index (χ1v) is 9.25. The highest BCUT2D eigenvalue weighted by molar-refractivity contribution is 9.10. The van der Waals surface area contributed by atoms with Crippen LogP contribution in [0, 0.1) is 0 Å². The zero-order valence-corrected chi connectivity index (χ0v) is 14.2. The Balaban J connectivity index is 1.83. The molecule has 0 aliphatic heterocycles. The third-order valence-electron chi connectivity index (χ3n) is 3.05. The maximum absolute atomic E-state index is 12.1. The molecule has 1 amide bonds. The number of carbonyl (C=O) groups is 1. The smallest absolute Gasteiger partial charge is 0.224 e. The first-order chi connectivity index (χ1) is 10.5. The van der Waals surface area contributed by atoms with Gasteiger partial charge in [0.05, 0.1) is 10.6 Å². The Bertz CT molecular complexity index is 728. The number of rotatable bonds is 6. The molecule has 0 bridgehead atoms. The van der Waals surface area contributed by atoms with Crippen LogP contribution in [0.3, 0.4) is 0 Å². The number of anilines is 1. The van der Waals surface area contributed by atoms with Gasteiger partial charge in [-0.05, 0) is 42.8 Å². The van der Waals surface area contributed by atoms with Crippen LogP contribution in [0.2, 0.25) is 0 Å². The SMILES string of the molecule is O=C(CCCS(=O)(=O)c1ccccc1)Nc1ccc(Br)cc1. The van der Waals surface area contributed by atoms with Gasteiger partial charge in [0.15, 0.2) is 9.84 Å². The summed E-state index contributed by atoms with van der Waals surface area (Å²) < 4.78 is 25.1. The Morgan fingerprint density at radius 3 is 2.27 bits per heavy atom. The van der Waals surface area contributed by atoms with Crippen molar-refractivity contribution in [2.45, 2.75) is 17.7 Å².